The van der Waals surface area contributed by atoms with Crippen molar-refractivity contribution in [2.75, 3.05) is 5.32 Å². The number of carboxylic acid groups (broad SMARTS) is 1. The lowest BCUT2D eigenvalue weighted by Crippen LogP contribution is -2.05. The summed E-state index contributed by atoms with van der Waals surface area (Å²) in [5.74, 6) is 4.12. The summed E-state index contributed by atoms with van der Waals surface area (Å²) in [6, 6.07) is 6.93. The second kappa shape index (κ2) is 5.56. The van der Waals surface area contributed by atoms with Crippen LogP contribution in [0.4, 0.5) is 5.69 Å². The molecule has 0 atom stereocenters. The van der Waals surface area contributed by atoms with Gasteiger partial charge in [0.15, 0.2) is 0 Å². The number of rotatable bonds is 2. The minimum atomic E-state index is -0.953. The number of hydrogen-bond donors (Lipinski definition) is 2. The number of anilines is 1. The van der Waals surface area contributed by atoms with Gasteiger partial charge in [-0.2, -0.15) is 0 Å². The van der Waals surface area contributed by atoms with Crippen molar-refractivity contribution in [3.8, 4) is 11.8 Å². The monoisotopic (exact) mass is 217 g/mol. The number of carbonyl (C=O) groups is 2. The molecule has 4 nitrogen and oxygen atoms in total. The number of hydrogen-bond acceptors (Lipinski definition) is 2. The fourth-order valence-electron chi connectivity index (χ4n) is 1.10. The van der Waals surface area contributed by atoms with Gasteiger partial charge in [-0.15, -0.1) is 0 Å². The highest BCUT2D eigenvalue weighted by molar-refractivity contribution is 5.88. The molecule has 16 heavy (non-hydrogen) atoms. The second-order valence-electron chi connectivity index (χ2n) is 3.13. The first-order valence-corrected chi connectivity index (χ1v) is 4.66. The van der Waals surface area contributed by atoms with Crippen LogP contribution in [0.1, 0.15) is 18.9 Å². The van der Waals surface area contributed by atoms with E-state index >= 15 is 0 Å². The molecule has 1 rings (SSSR count). The number of carbonyl (C=O) groups excluding carboxylic acids is 1. The fraction of sp³-hybridized carbons (Fsp3) is 0.167. The van der Waals surface area contributed by atoms with Crippen molar-refractivity contribution < 1.29 is 14.7 Å². The van der Waals surface area contributed by atoms with Crippen LogP contribution in [0.25, 0.3) is 0 Å². The van der Waals surface area contributed by atoms with Gasteiger partial charge in [0.05, 0.1) is 0 Å². The summed E-state index contributed by atoms with van der Waals surface area (Å²) < 4.78 is 0. The van der Waals surface area contributed by atoms with Crippen LogP contribution in [-0.4, -0.2) is 17.0 Å². The summed E-state index contributed by atoms with van der Waals surface area (Å²) >= 11 is 0. The van der Waals surface area contributed by atoms with Crippen LogP contribution in [0, 0.1) is 11.8 Å². The Morgan fingerprint density at radius 2 is 2.19 bits per heavy atom. The lowest BCUT2D eigenvalue weighted by atomic mass is 10.2. The van der Waals surface area contributed by atoms with Gasteiger partial charge in [0, 0.05) is 18.2 Å². The normalized spacial score (nSPS) is 8.81. The molecule has 1 aromatic carbocycles. The first-order chi connectivity index (χ1) is 7.58. The topological polar surface area (TPSA) is 66.4 Å². The molecule has 0 aliphatic heterocycles. The van der Waals surface area contributed by atoms with E-state index in [4.69, 9.17) is 5.11 Å². The Balaban J connectivity index is 2.76. The third-order valence-corrected chi connectivity index (χ3v) is 1.66. The molecule has 0 heterocycles. The van der Waals surface area contributed by atoms with Gasteiger partial charge < -0.3 is 10.4 Å². The summed E-state index contributed by atoms with van der Waals surface area (Å²) in [4.78, 5) is 21.0. The standard InChI is InChI=1S/C12H11NO3/c1-9(14)13-11-6-2-4-10(8-11)5-3-7-12(15)16/h2,4,6,8H,7H2,1H3,(H,13,14)(H,15,16). The zero-order valence-electron chi connectivity index (χ0n) is 8.78. The first-order valence-electron chi connectivity index (χ1n) is 4.66. The lowest BCUT2D eigenvalue weighted by Gasteiger charge is -2.01. The Morgan fingerprint density at radius 1 is 1.44 bits per heavy atom. The highest BCUT2D eigenvalue weighted by atomic mass is 16.4. The molecule has 0 aliphatic rings. The van der Waals surface area contributed by atoms with E-state index in [0.29, 0.717) is 11.3 Å². The Bertz CT molecular complexity index is 469. The Hall–Kier alpha value is -2.28. The van der Waals surface area contributed by atoms with Gasteiger partial charge in [-0.25, -0.2) is 0 Å². The smallest absolute Gasteiger partial charge is 0.315 e. The van der Waals surface area contributed by atoms with Crippen LogP contribution in [0.3, 0.4) is 0 Å². The maximum absolute atomic E-state index is 10.8. The molecule has 0 unspecified atom stereocenters. The predicted octanol–water partition coefficient (Wildman–Crippen LogP) is 1.47. The van der Waals surface area contributed by atoms with Gasteiger partial charge in [-0.1, -0.05) is 17.9 Å². The van der Waals surface area contributed by atoms with E-state index in [1.165, 1.54) is 6.92 Å². The zero-order chi connectivity index (χ0) is 12.0. The lowest BCUT2D eigenvalue weighted by molar-refractivity contribution is -0.135. The maximum Gasteiger partial charge on any atom is 0.315 e. The number of benzene rings is 1. The van der Waals surface area contributed by atoms with Crippen molar-refractivity contribution in [3.63, 3.8) is 0 Å². The third kappa shape index (κ3) is 4.29. The van der Waals surface area contributed by atoms with Crippen molar-refractivity contribution >= 4 is 17.6 Å². The highest BCUT2D eigenvalue weighted by Crippen LogP contribution is 2.09. The molecule has 0 saturated heterocycles. The molecule has 1 aromatic rings. The summed E-state index contributed by atoms with van der Waals surface area (Å²) in [6.45, 7) is 1.42. The summed E-state index contributed by atoms with van der Waals surface area (Å²) in [6.07, 6.45) is -0.190. The molecule has 2 N–H and O–H groups in total. The van der Waals surface area contributed by atoms with Crippen LogP contribution < -0.4 is 5.32 Å². The molecule has 0 saturated carbocycles. The van der Waals surface area contributed by atoms with Gasteiger partial charge in [0.1, 0.15) is 6.42 Å². The van der Waals surface area contributed by atoms with Gasteiger partial charge in [0.2, 0.25) is 5.91 Å². The molecule has 1 amide bonds. The van der Waals surface area contributed by atoms with Crippen molar-refractivity contribution in [2.24, 2.45) is 0 Å². The van der Waals surface area contributed by atoms with Crippen LogP contribution in [-0.2, 0) is 9.59 Å². The van der Waals surface area contributed by atoms with E-state index in [9.17, 15) is 9.59 Å². The van der Waals surface area contributed by atoms with Crippen LogP contribution in [0.5, 0.6) is 0 Å². The maximum atomic E-state index is 10.8. The Morgan fingerprint density at radius 3 is 2.81 bits per heavy atom. The largest absolute Gasteiger partial charge is 0.481 e. The molecule has 0 aromatic heterocycles. The second-order valence-corrected chi connectivity index (χ2v) is 3.13. The van der Waals surface area contributed by atoms with E-state index in [-0.39, 0.29) is 12.3 Å². The molecular formula is C12H11NO3. The van der Waals surface area contributed by atoms with Gasteiger partial charge in [0.25, 0.3) is 0 Å². The number of nitrogens with one attached hydrogen (secondary N) is 1. The zero-order valence-corrected chi connectivity index (χ0v) is 8.78. The van der Waals surface area contributed by atoms with E-state index in [1.54, 1.807) is 24.3 Å². The number of amides is 1. The van der Waals surface area contributed by atoms with Crippen molar-refractivity contribution in [1.29, 1.82) is 0 Å². The van der Waals surface area contributed by atoms with Gasteiger partial charge >= 0.3 is 5.97 Å². The highest BCUT2D eigenvalue weighted by Gasteiger charge is 1.95. The van der Waals surface area contributed by atoms with Gasteiger partial charge in [-0.05, 0) is 18.2 Å². The van der Waals surface area contributed by atoms with E-state index in [0.717, 1.165) is 0 Å². The van der Waals surface area contributed by atoms with Crippen molar-refractivity contribution in [3.05, 3.63) is 29.8 Å². The number of aliphatic carboxylic acids is 1. The molecule has 4 heteroatoms. The minimum absolute atomic E-state index is 0.157. The van der Waals surface area contributed by atoms with E-state index in [1.807, 2.05) is 0 Å². The summed E-state index contributed by atoms with van der Waals surface area (Å²) in [5.41, 5.74) is 1.32. The molecule has 0 fully saturated rings. The van der Waals surface area contributed by atoms with Crippen LogP contribution in [0.15, 0.2) is 24.3 Å². The van der Waals surface area contributed by atoms with Crippen LogP contribution in [0.2, 0.25) is 0 Å². The first kappa shape index (κ1) is 11.8. The van der Waals surface area contributed by atoms with Crippen molar-refractivity contribution in [1.82, 2.24) is 0 Å². The molecule has 0 bridgehead atoms. The average Bonchev–Trinajstić information content (AvgIpc) is 2.16. The van der Waals surface area contributed by atoms with E-state index in [2.05, 4.69) is 17.2 Å². The van der Waals surface area contributed by atoms with Gasteiger partial charge in [-0.3, -0.25) is 9.59 Å². The quantitative estimate of drug-likeness (QED) is 0.737. The minimum Gasteiger partial charge on any atom is -0.481 e. The van der Waals surface area contributed by atoms with E-state index < -0.39 is 5.97 Å². The summed E-state index contributed by atoms with van der Waals surface area (Å²) in [7, 11) is 0. The third-order valence-electron chi connectivity index (χ3n) is 1.66. The number of carboxylic acids is 1. The Labute approximate surface area is 93.3 Å². The molecule has 0 radical (unpaired) electrons. The predicted molar refractivity (Wildman–Crippen MR) is 59.9 cm³/mol. The average molecular weight is 217 g/mol. The van der Waals surface area contributed by atoms with Crippen molar-refractivity contribution in [2.45, 2.75) is 13.3 Å². The fourth-order valence-corrected chi connectivity index (χ4v) is 1.10. The molecule has 0 spiro atoms. The Kier molecular flexibility index (Phi) is 4.10. The SMILES string of the molecule is CC(=O)Nc1cccc(C#CCC(=O)O)c1. The molecule has 82 valence electrons. The summed E-state index contributed by atoms with van der Waals surface area (Å²) in [5, 5.41) is 11.0. The molecule has 0 aliphatic carbocycles. The van der Waals surface area contributed by atoms with Crippen LogP contribution >= 0.6 is 0 Å². The molecular weight excluding hydrogens is 206 g/mol.